The van der Waals surface area contributed by atoms with Crippen molar-refractivity contribution in [3.05, 3.63) is 58.1 Å². The van der Waals surface area contributed by atoms with E-state index < -0.39 is 0 Å². The molecule has 2 aromatic carbocycles. The van der Waals surface area contributed by atoms with Crippen LogP contribution in [0.2, 0.25) is 0 Å². The van der Waals surface area contributed by atoms with Gasteiger partial charge in [-0.25, -0.2) is 0 Å². The molecule has 0 bridgehead atoms. The lowest BCUT2D eigenvalue weighted by atomic mass is 10.1. The molecule has 4 nitrogen and oxygen atoms in total. The molecule has 0 fully saturated rings. The van der Waals surface area contributed by atoms with Crippen LogP contribution >= 0.6 is 15.9 Å². The van der Waals surface area contributed by atoms with Crippen LogP contribution in [-0.2, 0) is 6.54 Å². The smallest absolute Gasteiger partial charge is 0.255 e. The molecule has 0 aromatic heterocycles. The second-order valence-corrected chi connectivity index (χ2v) is 5.11. The summed E-state index contributed by atoms with van der Waals surface area (Å²) in [6.45, 7) is 0.384. The van der Waals surface area contributed by atoms with Gasteiger partial charge in [0.1, 0.15) is 11.5 Å². The third kappa shape index (κ3) is 3.51. The number of ether oxygens (including phenoxy) is 1. The van der Waals surface area contributed by atoms with Gasteiger partial charge in [0.25, 0.3) is 5.91 Å². The van der Waals surface area contributed by atoms with Crippen LogP contribution in [0.25, 0.3) is 0 Å². The Kier molecular flexibility index (Phi) is 4.63. The Morgan fingerprint density at radius 2 is 1.95 bits per heavy atom. The van der Waals surface area contributed by atoms with Gasteiger partial charge < -0.3 is 15.2 Å². The number of carbonyl (C=O) groups excluding carboxylic acids is 1. The largest absolute Gasteiger partial charge is 0.507 e. The van der Waals surface area contributed by atoms with Gasteiger partial charge in [0.2, 0.25) is 0 Å². The van der Waals surface area contributed by atoms with E-state index in [1.54, 1.807) is 19.2 Å². The van der Waals surface area contributed by atoms with Gasteiger partial charge in [-0.3, -0.25) is 4.79 Å². The fourth-order valence-corrected chi connectivity index (χ4v) is 2.07. The maximum atomic E-state index is 12.0. The monoisotopic (exact) mass is 335 g/mol. The van der Waals surface area contributed by atoms with Crippen LogP contribution in [0.3, 0.4) is 0 Å². The first kappa shape index (κ1) is 14.4. The molecule has 104 valence electrons. The Labute approximate surface area is 125 Å². The molecule has 0 radical (unpaired) electrons. The zero-order valence-electron chi connectivity index (χ0n) is 10.9. The van der Waals surface area contributed by atoms with Gasteiger partial charge in [-0.15, -0.1) is 0 Å². The van der Waals surface area contributed by atoms with Gasteiger partial charge in [-0.05, 0) is 35.9 Å². The van der Waals surface area contributed by atoms with E-state index in [2.05, 4.69) is 21.2 Å². The normalized spacial score (nSPS) is 10.1. The molecule has 0 unspecified atom stereocenters. The van der Waals surface area contributed by atoms with E-state index in [1.165, 1.54) is 6.07 Å². The minimum absolute atomic E-state index is 0.0413. The summed E-state index contributed by atoms with van der Waals surface area (Å²) in [7, 11) is 1.60. The van der Waals surface area contributed by atoms with E-state index in [1.807, 2.05) is 24.3 Å². The topological polar surface area (TPSA) is 58.6 Å². The highest BCUT2D eigenvalue weighted by molar-refractivity contribution is 9.10. The van der Waals surface area contributed by atoms with Crippen molar-refractivity contribution in [2.45, 2.75) is 6.54 Å². The van der Waals surface area contributed by atoms with Crippen LogP contribution in [-0.4, -0.2) is 18.1 Å². The van der Waals surface area contributed by atoms with E-state index in [0.29, 0.717) is 6.54 Å². The average molecular weight is 336 g/mol. The lowest BCUT2D eigenvalue weighted by molar-refractivity contribution is 0.0948. The maximum absolute atomic E-state index is 12.0. The Balaban J connectivity index is 2.02. The highest BCUT2D eigenvalue weighted by Crippen LogP contribution is 2.21. The number of hydrogen-bond donors (Lipinski definition) is 2. The van der Waals surface area contributed by atoms with Crippen molar-refractivity contribution in [3.8, 4) is 11.5 Å². The maximum Gasteiger partial charge on any atom is 0.255 e. The summed E-state index contributed by atoms with van der Waals surface area (Å²) in [6.07, 6.45) is 0. The number of hydrogen-bond acceptors (Lipinski definition) is 3. The lowest BCUT2D eigenvalue weighted by Gasteiger charge is -2.08. The van der Waals surface area contributed by atoms with Crippen molar-refractivity contribution in [1.82, 2.24) is 5.32 Å². The summed E-state index contributed by atoms with van der Waals surface area (Å²) in [5.41, 5.74) is 1.20. The summed E-state index contributed by atoms with van der Waals surface area (Å²) in [5, 5.41) is 12.4. The molecule has 2 N–H and O–H groups in total. The molecule has 0 saturated carbocycles. The van der Waals surface area contributed by atoms with Crippen molar-refractivity contribution >= 4 is 21.8 Å². The van der Waals surface area contributed by atoms with Crippen molar-refractivity contribution in [2.24, 2.45) is 0 Å². The average Bonchev–Trinajstić information content (AvgIpc) is 2.47. The molecule has 0 spiro atoms. The van der Waals surface area contributed by atoms with Crippen molar-refractivity contribution in [1.29, 1.82) is 0 Å². The minimum Gasteiger partial charge on any atom is -0.507 e. The molecule has 5 heteroatoms. The van der Waals surface area contributed by atoms with Crippen molar-refractivity contribution < 1.29 is 14.6 Å². The summed E-state index contributed by atoms with van der Waals surface area (Å²) < 4.78 is 5.81. The van der Waals surface area contributed by atoms with Crippen LogP contribution in [0, 0.1) is 0 Å². The summed E-state index contributed by atoms with van der Waals surface area (Å²) in [4.78, 5) is 12.0. The molecule has 0 aliphatic rings. The number of carbonyl (C=O) groups is 1. The fourth-order valence-electron chi connectivity index (χ4n) is 1.71. The number of methoxy groups -OCH3 is 1. The van der Waals surface area contributed by atoms with Crippen LogP contribution < -0.4 is 10.1 Å². The van der Waals surface area contributed by atoms with Gasteiger partial charge in [-0.2, -0.15) is 0 Å². The first-order valence-electron chi connectivity index (χ1n) is 6.00. The first-order chi connectivity index (χ1) is 9.60. The first-order valence-corrected chi connectivity index (χ1v) is 6.79. The quantitative estimate of drug-likeness (QED) is 0.902. The SMILES string of the molecule is COc1ccc(CNC(=O)c2cc(Br)ccc2O)cc1. The zero-order chi connectivity index (χ0) is 14.5. The number of amides is 1. The minimum atomic E-state index is -0.320. The predicted molar refractivity (Wildman–Crippen MR) is 80.0 cm³/mol. The summed E-state index contributed by atoms with van der Waals surface area (Å²) in [6, 6.07) is 12.1. The lowest BCUT2D eigenvalue weighted by Crippen LogP contribution is -2.22. The van der Waals surface area contributed by atoms with E-state index in [-0.39, 0.29) is 17.2 Å². The molecular weight excluding hydrogens is 322 g/mol. The number of benzene rings is 2. The number of phenolic OH excluding ortho intramolecular Hbond substituents is 1. The molecule has 20 heavy (non-hydrogen) atoms. The molecule has 2 aromatic rings. The zero-order valence-corrected chi connectivity index (χ0v) is 12.5. The van der Waals surface area contributed by atoms with Crippen LogP contribution in [0.4, 0.5) is 0 Å². The van der Waals surface area contributed by atoms with E-state index in [9.17, 15) is 9.90 Å². The number of rotatable bonds is 4. The molecule has 2 rings (SSSR count). The van der Waals surface area contributed by atoms with Gasteiger partial charge >= 0.3 is 0 Å². The number of halogens is 1. The molecule has 0 atom stereocenters. The molecule has 0 aliphatic carbocycles. The molecule has 0 aliphatic heterocycles. The molecule has 0 heterocycles. The summed E-state index contributed by atoms with van der Waals surface area (Å²) in [5.74, 6) is 0.407. The Morgan fingerprint density at radius 1 is 1.25 bits per heavy atom. The van der Waals surface area contributed by atoms with Crippen LogP contribution in [0.5, 0.6) is 11.5 Å². The number of nitrogens with one attached hydrogen (secondary N) is 1. The van der Waals surface area contributed by atoms with Gasteiger partial charge in [-0.1, -0.05) is 28.1 Å². The third-order valence-corrected chi connectivity index (χ3v) is 3.31. The highest BCUT2D eigenvalue weighted by Gasteiger charge is 2.11. The second-order valence-electron chi connectivity index (χ2n) is 4.19. The highest BCUT2D eigenvalue weighted by atomic mass is 79.9. The molecular formula is C15H14BrNO3. The predicted octanol–water partition coefficient (Wildman–Crippen LogP) is 3.09. The standard InChI is InChI=1S/C15H14BrNO3/c1-20-12-5-2-10(3-6-12)9-17-15(19)13-8-11(16)4-7-14(13)18/h2-8,18H,9H2,1H3,(H,17,19). The van der Waals surface area contributed by atoms with Crippen LogP contribution in [0.1, 0.15) is 15.9 Å². The van der Waals surface area contributed by atoms with E-state index >= 15 is 0 Å². The Morgan fingerprint density at radius 3 is 2.60 bits per heavy atom. The van der Waals surface area contributed by atoms with Crippen molar-refractivity contribution in [3.63, 3.8) is 0 Å². The number of aromatic hydroxyl groups is 1. The van der Waals surface area contributed by atoms with Gasteiger partial charge in [0, 0.05) is 11.0 Å². The fraction of sp³-hybridized carbons (Fsp3) is 0.133. The molecule has 1 amide bonds. The van der Waals surface area contributed by atoms with E-state index in [4.69, 9.17) is 4.74 Å². The van der Waals surface area contributed by atoms with Crippen molar-refractivity contribution in [2.75, 3.05) is 7.11 Å². The Hall–Kier alpha value is -2.01. The summed E-state index contributed by atoms with van der Waals surface area (Å²) >= 11 is 3.27. The van der Waals surface area contributed by atoms with E-state index in [0.717, 1.165) is 15.8 Å². The molecule has 0 saturated heterocycles. The Bertz CT molecular complexity index is 611. The third-order valence-electron chi connectivity index (χ3n) is 2.82. The second kappa shape index (κ2) is 6.43. The number of phenols is 1. The van der Waals surface area contributed by atoms with Gasteiger partial charge in [0.15, 0.2) is 0 Å². The van der Waals surface area contributed by atoms with Crippen LogP contribution in [0.15, 0.2) is 46.9 Å². The van der Waals surface area contributed by atoms with Gasteiger partial charge in [0.05, 0.1) is 12.7 Å².